The number of H-pyrrole nitrogens is 1. The average molecular weight is 322 g/mol. The minimum Gasteiger partial charge on any atom is -0.360 e. The van der Waals surface area contributed by atoms with Crippen LogP contribution in [0.3, 0.4) is 0 Å². The van der Waals surface area contributed by atoms with Crippen molar-refractivity contribution in [3.63, 3.8) is 0 Å². The number of anilines is 1. The van der Waals surface area contributed by atoms with Gasteiger partial charge in [-0.2, -0.15) is 5.26 Å². The maximum Gasteiger partial charge on any atom is 0.268 e. The Labute approximate surface area is 137 Å². The Kier molecular flexibility index (Phi) is 4.22. The molecule has 2 heterocycles. The molecule has 0 atom stereocenters. The molecule has 23 heavy (non-hydrogen) atoms. The van der Waals surface area contributed by atoms with Crippen molar-refractivity contribution in [2.75, 3.05) is 5.32 Å². The van der Waals surface area contributed by atoms with Gasteiger partial charge in [-0.3, -0.25) is 10.1 Å². The molecule has 1 amide bonds. The summed E-state index contributed by atoms with van der Waals surface area (Å²) in [6.45, 7) is 2.09. The molecule has 3 aromatic rings. The van der Waals surface area contributed by atoms with Crippen LogP contribution in [0.25, 0.3) is 17.0 Å². The third kappa shape index (κ3) is 3.00. The first kappa shape index (κ1) is 15.0. The highest BCUT2D eigenvalue weighted by molar-refractivity contribution is 7.13. The van der Waals surface area contributed by atoms with Crippen LogP contribution >= 0.6 is 11.3 Å². The van der Waals surface area contributed by atoms with Crippen LogP contribution in [0.4, 0.5) is 5.13 Å². The van der Waals surface area contributed by atoms with Gasteiger partial charge in [0.2, 0.25) is 0 Å². The summed E-state index contributed by atoms with van der Waals surface area (Å²) in [5.74, 6) is -0.455. The average Bonchev–Trinajstić information content (AvgIpc) is 3.21. The Balaban J connectivity index is 1.95. The normalized spacial score (nSPS) is 11.4. The largest absolute Gasteiger partial charge is 0.360 e. The molecule has 0 radical (unpaired) electrons. The van der Waals surface area contributed by atoms with E-state index < -0.39 is 5.91 Å². The number of benzene rings is 1. The van der Waals surface area contributed by atoms with E-state index in [4.69, 9.17) is 0 Å². The Morgan fingerprint density at radius 3 is 3.09 bits per heavy atom. The van der Waals surface area contributed by atoms with Crippen LogP contribution in [-0.4, -0.2) is 15.9 Å². The lowest BCUT2D eigenvalue weighted by atomic mass is 10.1. The van der Waals surface area contributed by atoms with Crippen molar-refractivity contribution >= 4 is 39.4 Å². The number of thiazole rings is 1. The third-order valence-electron chi connectivity index (χ3n) is 3.53. The maximum absolute atomic E-state index is 12.2. The number of amides is 1. The van der Waals surface area contributed by atoms with Gasteiger partial charge in [0.15, 0.2) is 5.13 Å². The Hall–Kier alpha value is -2.91. The molecule has 0 bridgehead atoms. The Morgan fingerprint density at radius 2 is 2.39 bits per heavy atom. The quantitative estimate of drug-likeness (QED) is 0.567. The van der Waals surface area contributed by atoms with E-state index in [-0.39, 0.29) is 5.57 Å². The van der Waals surface area contributed by atoms with Gasteiger partial charge in [0.05, 0.1) is 0 Å². The van der Waals surface area contributed by atoms with Gasteiger partial charge >= 0.3 is 0 Å². The lowest BCUT2D eigenvalue weighted by Crippen LogP contribution is -2.13. The highest BCUT2D eigenvalue weighted by Crippen LogP contribution is 2.24. The molecule has 3 rings (SSSR count). The number of para-hydroxylation sites is 1. The second-order valence-corrected chi connectivity index (χ2v) is 5.79. The van der Waals surface area contributed by atoms with Crippen molar-refractivity contribution in [2.24, 2.45) is 0 Å². The fourth-order valence-corrected chi connectivity index (χ4v) is 2.93. The molecular weight excluding hydrogens is 308 g/mol. The van der Waals surface area contributed by atoms with E-state index in [0.717, 1.165) is 22.9 Å². The fourth-order valence-electron chi connectivity index (χ4n) is 2.41. The molecule has 0 aliphatic heterocycles. The molecule has 2 aromatic heterocycles. The van der Waals surface area contributed by atoms with Crippen molar-refractivity contribution in [3.8, 4) is 6.07 Å². The third-order valence-corrected chi connectivity index (χ3v) is 4.22. The van der Waals surface area contributed by atoms with Crippen molar-refractivity contribution < 1.29 is 4.79 Å². The minimum atomic E-state index is -0.455. The molecule has 6 heteroatoms. The second kappa shape index (κ2) is 6.46. The number of aromatic nitrogens is 2. The summed E-state index contributed by atoms with van der Waals surface area (Å²) < 4.78 is 0. The Bertz CT molecular complexity index is 916. The summed E-state index contributed by atoms with van der Waals surface area (Å²) in [5, 5.41) is 15.1. The molecule has 0 fully saturated rings. The predicted molar refractivity (Wildman–Crippen MR) is 92.0 cm³/mol. The zero-order valence-electron chi connectivity index (χ0n) is 12.5. The molecule has 1 aromatic carbocycles. The van der Waals surface area contributed by atoms with Crippen molar-refractivity contribution in [1.82, 2.24) is 9.97 Å². The van der Waals surface area contributed by atoms with Crippen LogP contribution in [0.15, 0.2) is 41.5 Å². The monoisotopic (exact) mass is 322 g/mol. The summed E-state index contributed by atoms with van der Waals surface area (Å²) in [5.41, 5.74) is 3.11. The fraction of sp³-hybridized carbons (Fsp3) is 0.118. The predicted octanol–water partition coefficient (Wildman–Crippen LogP) is 3.73. The lowest BCUT2D eigenvalue weighted by molar-refractivity contribution is -0.112. The van der Waals surface area contributed by atoms with Crippen molar-refractivity contribution in [3.05, 3.63) is 52.7 Å². The number of aryl methyl sites for hydroxylation is 1. The van der Waals surface area contributed by atoms with Gasteiger partial charge in [-0.15, -0.1) is 11.3 Å². The van der Waals surface area contributed by atoms with E-state index in [9.17, 15) is 10.1 Å². The molecule has 114 valence electrons. The molecular formula is C17H14N4OS. The summed E-state index contributed by atoms with van der Waals surface area (Å²) in [4.78, 5) is 19.4. The van der Waals surface area contributed by atoms with Gasteiger partial charge in [0.1, 0.15) is 11.6 Å². The van der Waals surface area contributed by atoms with E-state index in [1.54, 1.807) is 17.7 Å². The van der Waals surface area contributed by atoms with Crippen molar-refractivity contribution in [1.29, 1.82) is 5.26 Å². The maximum atomic E-state index is 12.2. The van der Waals surface area contributed by atoms with Crippen LogP contribution in [0.1, 0.15) is 18.1 Å². The van der Waals surface area contributed by atoms with Gasteiger partial charge in [-0.25, -0.2) is 4.98 Å². The van der Waals surface area contributed by atoms with E-state index in [1.165, 1.54) is 16.9 Å². The van der Waals surface area contributed by atoms with E-state index in [0.29, 0.717) is 5.13 Å². The number of nitriles is 1. The number of hydrogen-bond acceptors (Lipinski definition) is 4. The summed E-state index contributed by atoms with van der Waals surface area (Å²) in [6, 6.07) is 7.98. The van der Waals surface area contributed by atoms with Crippen LogP contribution in [0.2, 0.25) is 0 Å². The lowest BCUT2D eigenvalue weighted by Gasteiger charge is -2.01. The SMILES string of the molecule is CCc1cccc2c(/C=C(\C#N)C(=O)Nc3nccs3)c[nH]c12. The molecule has 0 saturated carbocycles. The van der Waals surface area contributed by atoms with Crippen LogP contribution in [0, 0.1) is 11.3 Å². The molecule has 0 saturated heterocycles. The number of nitrogens with zero attached hydrogens (tertiary/aromatic N) is 2. The van der Waals surface area contributed by atoms with Gasteiger partial charge in [-0.1, -0.05) is 25.1 Å². The highest BCUT2D eigenvalue weighted by atomic mass is 32.1. The number of rotatable bonds is 4. The zero-order chi connectivity index (χ0) is 16.2. The first-order chi connectivity index (χ1) is 11.2. The molecule has 0 aliphatic rings. The van der Waals surface area contributed by atoms with Gasteiger partial charge in [-0.05, 0) is 18.1 Å². The topological polar surface area (TPSA) is 81.6 Å². The summed E-state index contributed by atoms with van der Waals surface area (Å²) in [7, 11) is 0. The molecule has 2 N–H and O–H groups in total. The first-order valence-corrected chi connectivity index (χ1v) is 8.02. The highest BCUT2D eigenvalue weighted by Gasteiger charge is 2.12. The van der Waals surface area contributed by atoms with Crippen LogP contribution in [-0.2, 0) is 11.2 Å². The smallest absolute Gasteiger partial charge is 0.268 e. The van der Waals surface area contributed by atoms with Crippen molar-refractivity contribution in [2.45, 2.75) is 13.3 Å². The number of nitrogens with one attached hydrogen (secondary N) is 2. The van der Waals surface area contributed by atoms with Gasteiger partial charge in [0.25, 0.3) is 5.91 Å². The molecule has 5 nitrogen and oxygen atoms in total. The first-order valence-electron chi connectivity index (χ1n) is 7.14. The van der Waals surface area contributed by atoms with E-state index in [2.05, 4.69) is 28.3 Å². The number of aromatic amines is 1. The zero-order valence-corrected chi connectivity index (χ0v) is 13.3. The standard InChI is InChI=1S/C17H14N4OS/c1-2-11-4-3-5-14-13(10-20-15(11)14)8-12(9-18)16(22)21-17-19-6-7-23-17/h3-8,10,20H,2H2,1H3,(H,19,21,22)/b12-8+. The van der Waals surface area contributed by atoms with E-state index in [1.807, 2.05) is 24.4 Å². The van der Waals surface area contributed by atoms with E-state index >= 15 is 0 Å². The number of fused-ring (bicyclic) bond motifs is 1. The van der Waals surface area contributed by atoms with Crippen LogP contribution < -0.4 is 5.32 Å². The number of carbonyl (C=O) groups is 1. The molecule has 0 spiro atoms. The van der Waals surface area contributed by atoms with Crippen LogP contribution in [0.5, 0.6) is 0 Å². The van der Waals surface area contributed by atoms with Gasteiger partial charge in [0, 0.05) is 34.2 Å². The molecule has 0 aliphatic carbocycles. The molecule has 0 unspecified atom stereocenters. The van der Waals surface area contributed by atoms with Gasteiger partial charge < -0.3 is 4.98 Å². The number of hydrogen-bond donors (Lipinski definition) is 2. The minimum absolute atomic E-state index is 0.0444. The summed E-state index contributed by atoms with van der Waals surface area (Å²) >= 11 is 1.31. The second-order valence-electron chi connectivity index (χ2n) is 4.90. The summed E-state index contributed by atoms with van der Waals surface area (Å²) in [6.07, 6.45) is 5.93. The number of carbonyl (C=O) groups excluding carboxylic acids is 1. The Morgan fingerprint density at radius 1 is 1.52 bits per heavy atom.